The summed E-state index contributed by atoms with van der Waals surface area (Å²) >= 11 is 5.02. The minimum atomic E-state index is 0.701. The van der Waals surface area contributed by atoms with Gasteiger partial charge in [0.25, 0.3) is 0 Å². The van der Waals surface area contributed by atoms with E-state index in [1.54, 1.807) is 16.4 Å². The molecule has 8 heteroatoms. The van der Waals surface area contributed by atoms with Crippen LogP contribution in [-0.4, -0.2) is 29.6 Å². The van der Waals surface area contributed by atoms with Gasteiger partial charge in [0, 0.05) is 22.6 Å². The fourth-order valence-electron chi connectivity index (χ4n) is 2.23. The van der Waals surface area contributed by atoms with Gasteiger partial charge in [-0.2, -0.15) is 4.68 Å². The SMILES string of the molecule is Brc1ccc2nc(CSc3nnnn3-c3ccccc3)cn2c1. The second-order valence-corrected chi connectivity index (χ2v) is 6.70. The number of rotatable bonds is 4. The van der Waals surface area contributed by atoms with Gasteiger partial charge in [-0.15, -0.1) is 5.10 Å². The van der Waals surface area contributed by atoms with Crippen LogP contribution in [0.15, 0.2) is 64.5 Å². The molecular weight excluding hydrogens is 376 g/mol. The molecule has 0 aliphatic heterocycles. The minimum Gasteiger partial charge on any atom is -0.306 e. The van der Waals surface area contributed by atoms with Crippen molar-refractivity contribution in [3.8, 4) is 5.69 Å². The van der Waals surface area contributed by atoms with Crippen LogP contribution in [0.5, 0.6) is 0 Å². The number of para-hydroxylation sites is 1. The van der Waals surface area contributed by atoms with Crippen molar-refractivity contribution >= 4 is 33.3 Å². The molecule has 0 bridgehead atoms. The maximum absolute atomic E-state index is 4.60. The average Bonchev–Trinajstić information content (AvgIpc) is 3.19. The van der Waals surface area contributed by atoms with Crippen LogP contribution in [0.3, 0.4) is 0 Å². The summed E-state index contributed by atoms with van der Waals surface area (Å²) in [6.45, 7) is 0. The Kier molecular flexibility index (Phi) is 3.84. The van der Waals surface area contributed by atoms with Crippen LogP contribution in [0.25, 0.3) is 11.3 Å². The third-order valence-electron chi connectivity index (χ3n) is 3.26. The maximum atomic E-state index is 4.60. The Bertz CT molecular complexity index is 949. The highest BCUT2D eigenvalue weighted by atomic mass is 79.9. The van der Waals surface area contributed by atoms with Crippen LogP contribution in [0.2, 0.25) is 0 Å². The van der Waals surface area contributed by atoms with Crippen LogP contribution in [0.1, 0.15) is 5.69 Å². The van der Waals surface area contributed by atoms with Gasteiger partial charge in [-0.3, -0.25) is 0 Å². The second-order valence-electron chi connectivity index (χ2n) is 4.84. The van der Waals surface area contributed by atoms with Crippen molar-refractivity contribution < 1.29 is 0 Å². The highest BCUT2D eigenvalue weighted by molar-refractivity contribution is 9.10. The highest BCUT2D eigenvalue weighted by Crippen LogP contribution is 2.22. The normalized spacial score (nSPS) is 11.2. The molecule has 4 rings (SSSR count). The van der Waals surface area contributed by atoms with E-state index >= 15 is 0 Å². The Balaban J connectivity index is 1.56. The number of fused-ring (bicyclic) bond motifs is 1. The van der Waals surface area contributed by atoms with Crippen LogP contribution < -0.4 is 0 Å². The number of imidazole rings is 1. The third-order valence-corrected chi connectivity index (χ3v) is 4.68. The van der Waals surface area contributed by atoms with Crippen LogP contribution in [0, 0.1) is 0 Å². The lowest BCUT2D eigenvalue weighted by atomic mass is 10.3. The topological polar surface area (TPSA) is 60.9 Å². The van der Waals surface area contributed by atoms with E-state index < -0.39 is 0 Å². The number of hydrogen-bond acceptors (Lipinski definition) is 5. The molecule has 3 heterocycles. The summed E-state index contributed by atoms with van der Waals surface area (Å²) in [4.78, 5) is 4.60. The van der Waals surface area contributed by atoms with Crippen LogP contribution >= 0.6 is 27.7 Å². The molecule has 0 aliphatic carbocycles. The first kappa shape index (κ1) is 14.4. The Hall–Kier alpha value is -2.19. The van der Waals surface area contributed by atoms with Crippen LogP contribution in [-0.2, 0) is 5.75 Å². The zero-order valence-corrected chi connectivity index (χ0v) is 14.3. The van der Waals surface area contributed by atoms with Gasteiger partial charge in [-0.1, -0.05) is 30.0 Å². The van der Waals surface area contributed by atoms with Crippen molar-refractivity contribution in [2.24, 2.45) is 0 Å². The Morgan fingerprint density at radius 2 is 1.91 bits per heavy atom. The molecule has 0 spiro atoms. The van der Waals surface area contributed by atoms with E-state index in [-0.39, 0.29) is 0 Å². The average molecular weight is 387 g/mol. The lowest BCUT2D eigenvalue weighted by molar-refractivity contribution is 0.756. The fourth-order valence-corrected chi connectivity index (χ4v) is 3.35. The smallest absolute Gasteiger partial charge is 0.214 e. The van der Waals surface area contributed by atoms with Gasteiger partial charge < -0.3 is 4.40 Å². The van der Waals surface area contributed by atoms with Gasteiger partial charge in [-0.05, 0) is 50.6 Å². The van der Waals surface area contributed by atoms with Gasteiger partial charge in [0.15, 0.2) is 0 Å². The molecular formula is C15H11BrN6S. The zero-order valence-electron chi connectivity index (χ0n) is 11.9. The molecule has 6 nitrogen and oxygen atoms in total. The molecule has 0 N–H and O–H groups in total. The van der Waals surface area contributed by atoms with Crippen molar-refractivity contribution in [3.05, 3.63) is 65.0 Å². The molecule has 1 aromatic carbocycles. The molecule has 0 unspecified atom stereocenters. The number of hydrogen-bond donors (Lipinski definition) is 0. The summed E-state index contributed by atoms with van der Waals surface area (Å²) in [6, 6.07) is 13.8. The van der Waals surface area contributed by atoms with E-state index in [4.69, 9.17) is 0 Å². The van der Waals surface area contributed by atoms with E-state index in [1.165, 1.54) is 0 Å². The molecule has 4 aromatic rings. The van der Waals surface area contributed by atoms with Gasteiger partial charge in [0.1, 0.15) is 5.65 Å². The Morgan fingerprint density at radius 3 is 2.78 bits per heavy atom. The zero-order chi connectivity index (χ0) is 15.6. The summed E-state index contributed by atoms with van der Waals surface area (Å²) in [5.41, 5.74) is 2.85. The first-order chi connectivity index (χ1) is 11.3. The Labute approximate surface area is 144 Å². The van der Waals surface area contributed by atoms with Gasteiger partial charge >= 0.3 is 0 Å². The monoisotopic (exact) mass is 386 g/mol. The van der Waals surface area contributed by atoms with E-state index in [2.05, 4.69) is 36.4 Å². The molecule has 0 atom stereocenters. The molecule has 0 fully saturated rings. The number of tetrazole rings is 1. The molecule has 23 heavy (non-hydrogen) atoms. The van der Waals surface area contributed by atoms with Gasteiger partial charge in [0.2, 0.25) is 5.16 Å². The summed E-state index contributed by atoms with van der Waals surface area (Å²) in [5.74, 6) is 0.701. The summed E-state index contributed by atoms with van der Waals surface area (Å²) in [5, 5.41) is 12.7. The van der Waals surface area contributed by atoms with Crippen molar-refractivity contribution in [2.75, 3.05) is 0 Å². The predicted octanol–water partition coefficient (Wildman–Crippen LogP) is 3.36. The summed E-state index contributed by atoms with van der Waals surface area (Å²) < 4.78 is 4.76. The van der Waals surface area contributed by atoms with Gasteiger partial charge in [0.05, 0.1) is 11.4 Å². The molecule has 114 valence electrons. The van der Waals surface area contributed by atoms with Crippen molar-refractivity contribution in [3.63, 3.8) is 0 Å². The quantitative estimate of drug-likeness (QED) is 0.503. The minimum absolute atomic E-state index is 0.701. The third kappa shape index (κ3) is 2.99. The summed E-state index contributed by atoms with van der Waals surface area (Å²) in [6.07, 6.45) is 4.01. The Morgan fingerprint density at radius 1 is 1.04 bits per heavy atom. The number of aromatic nitrogens is 6. The lowest BCUT2D eigenvalue weighted by Crippen LogP contribution is -1.98. The summed E-state index contributed by atoms with van der Waals surface area (Å²) in [7, 11) is 0. The lowest BCUT2D eigenvalue weighted by Gasteiger charge is -2.02. The molecule has 0 aliphatic rings. The number of nitrogens with zero attached hydrogens (tertiary/aromatic N) is 6. The van der Waals surface area contributed by atoms with Crippen LogP contribution in [0.4, 0.5) is 0 Å². The van der Waals surface area contributed by atoms with E-state index in [0.717, 1.165) is 26.7 Å². The van der Waals surface area contributed by atoms with E-state index in [0.29, 0.717) is 5.75 Å². The maximum Gasteiger partial charge on any atom is 0.214 e. The number of thioether (sulfide) groups is 1. The highest BCUT2D eigenvalue weighted by Gasteiger charge is 2.10. The van der Waals surface area contributed by atoms with Crippen molar-refractivity contribution in [1.82, 2.24) is 29.6 Å². The fraction of sp³-hybridized carbons (Fsp3) is 0.0667. The molecule has 0 amide bonds. The second kappa shape index (κ2) is 6.13. The number of halogens is 1. The van der Waals surface area contributed by atoms with E-state index in [1.807, 2.05) is 59.3 Å². The largest absolute Gasteiger partial charge is 0.306 e. The first-order valence-corrected chi connectivity index (χ1v) is 8.67. The van der Waals surface area contributed by atoms with Gasteiger partial charge in [-0.25, -0.2) is 4.98 Å². The standard InChI is InChI=1S/C15H11BrN6S/c16-11-6-7-14-17-12(9-21(14)8-11)10-23-15-18-19-20-22(15)13-4-2-1-3-5-13/h1-9H,10H2. The number of benzene rings is 1. The molecule has 0 saturated heterocycles. The molecule has 0 saturated carbocycles. The van der Waals surface area contributed by atoms with Crippen molar-refractivity contribution in [1.29, 1.82) is 0 Å². The first-order valence-electron chi connectivity index (χ1n) is 6.89. The molecule has 3 aromatic heterocycles. The van der Waals surface area contributed by atoms with E-state index in [9.17, 15) is 0 Å². The number of pyridine rings is 1. The van der Waals surface area contributed by atoms with Crippen molar-refractivity contribution in [2.45, 2.75) is 10.9 Å². The predicted molar refractivity (Wildman–Crippen MR) is 91.6 cm³/mol. The molecule has 0 radical (unpaired) electrons.